The lowest BCUT2D eigenvalue weighted by atomic mass is 10.1. The molecule has 2 unspecified atom stereocenters. The van der Waals surface area contributed by atoms with Gasteiger partial charge in [0, 0.05) is 25.0 Å². The number of alkyl halides is 3. The number of methoxy groups -OCH3 is 1. The van der Waals surface area contributed by atoms with Crippen LogP contribution in [0.25, 0.3) is 0 Å². The number of nitro benzene ring substituents is 1. The van der Waals surface area contributed by atoms with E-state index in [4.69, 9.17) is 41.9 Å². The third-order valence-corrected chi connectivity index (χ3v) is 11.2. The highest BCUT2D eigenvalue weighted by molar-refractivity contribution is 7.90. The molecule has 2 heterocycles. The Balaban J connectivity index is 0.000000355. The first-order valence-corrected chi connectivity index (χ1v) is 23.3. The number of nitrogens with zero attached hydrogens (tertiary/aromatic N) is 4. The number of aromatic nitrogens is 3. The predicted molar refractivity (Wildman–Crippen MR) is 215 cm³/mol. The molecule has 0 aliphatic rings. The molecule has 0 saturated carbocycles. The van der Waals surface area contributed by atoms with Crippen molar-refractivity contribution in [2.75, 3.05) is 31.5 Å². The zero-order valence-corrected chi connectivity index (χ0v) is 36.4. The van der Waals surface area contributed by atoms with Crippen molar-refractivity contribution in [3.63, 3.8) is 0 Å². The molecule has 0 fully saturated rings. The standard InChI is InChI=1S/C15H10ClF3N2O6S.C11H11N5O6S2.C5H12NO4P/c1-28(25,26)20-14(22)10-7-9(3-4-12(10)21(23)24)27-13-5-2-8(6-11(13)16)15(17,18)19;1-5-12-9(15-11(13-5)22-2)14-10(19)16-24(20,21)6-3-4-23-7(6)8(17)18;1-11(9,10)3-2-4(6)5(7)8/h2-7H,1H3,(H,20,22);3-4H,1-2H3,(H,17,18)(H2,12,13,14,15,16,19);4H,2-3,6H2,1H3,(H,7,8)(H,9,10). The summed E-state index contributed by atoms with van der Waals surface area (Å²) in [6.07, 6.45) is -3.94. The topological polar surface area (TPSA) is 377 Å². The zero-order chi connectivity index (χ0) is 48.2. The van der Waals surface area contributed by atoms with Gasteiger partial charge in [-0.25, -0.2) is 35.9 Å². The van der Waals surface area contributed by atoms with Crippen LogP contribution in [0, 0.1) is 17.0 Å². The van der Waals surface area contributed by atoms with Crippen molar-refractivity contribution in [2.24, 2.45) is 5.73 Å². The number of carbonyl (C=O) groups excluding carboxylic acids is 2. The quantitative estimate of drug-likeness (QED) is 0.0535. The lowest BCUT2D eigenvalue weighted by molar-refractivity contribution is -0.385. The second-order valence-electron chi connectivity index (χ2n) is 12.1. The Hall–Kier alpha value is -6.04. The number of ether oxygens (including phenoxy) is 2. The van der Waals surface area contributed by atoms with Crippen LogP contribution in [0.3, 0.4) is 0 Å². The summed E-state index contributed by atoms with van der Waals surface area (Å²) in [5.74, 6) is -4.22. The molecule has 0 aliphatic carbocycles. The molecule has 2 aromatic carbocycles. The van der Waals surface area contributed by atoms with Crippen molar-refractivity contribution >= 4 is 85.9 Å². The third kappa shape index (κ3) is 17.7. The largest absolute Gasteiger partial charge is 0.480 e. The van der Waals surface area contributed by atoms with Gasteiger partial charge in [0.25, 0.3) is 21.6 Å². The number of urea groups is 1. The summed E-state index contributed by atoms with van der Waals surface area (Å²) in [6.45, 7) is 2.70. The van der Waals surface area contributed by atoms with E-state index in [1.54, 1.807) is 9.44 Å². The second-order valence-corrected chi connectivity index (χ2v) is 19.3. The number of benzene rings is 2. The number of nitro groups is 1. The van der Waals surface area contributed by atoms with Crippen molar-refractivity contribution in [3.05, 3.63) is 84.8 Å². The smallest absolute Gasteiger partial charge is 0.416 e. The lowest BCUT2D eigenvalue weighted by Crippen LogP contribution is -2.35. The predicted octanol–water partition coefficient (Wildman–Crippen LogP) is 3.90. The second kappa shape index (κ2) is 21.8. The van der Waals surface area contributed by atoms with Crippen molar-refractivity contribution in [1.29, 1.82) is 0 Å². The Morgan fingerprint density at radius 2 is 1.68 bits per heavy atom. The Morgan fingerprint density at radius 3 is 2.19 bits per heavy atom. The van der Waals surface area contributed by atoms with E-state index >= 15 is 0 Å². The molecule has 32 heteroatoms. The summed E-state index contributed by atoms with van der Waals surface area (Å²) in [5.41, 5.74) is 2.75. The molecule has 0 radical (unpaired) electrons. The molecular weight excluding hydrogens is 960 g/mol. The lowest BCUT2D eigenvalue weighted by Gasteiger charge is -2.12. The normalized spacial score (nSPS) is 12.7. The average Bonchev–Trinajstić information content (AvgIpc) is 3.65. The molecule has 0 aliphatic heterocycles. The highest BCUT2D eigenvalue weighted by Gasteiger charge is 2.31. The van der Waals surface area contributed by atoms with E-state index in [9.17, 15) is 63.9 Å². The van der Waals surface area contributed by atoms with Crippen molar-refractivity contribution < 1.29 is 83.3 Å². The molecule has 2 atom stereocenters. The van der Waals surface area contributed by atoms with E-state index in [1.165, 1.54) is 26.1 Å². The monoisotopic (exact) mass is 992 g/mol. The van der Waals surface area contributed by atoms with Crippen LogP contribution in [0.5, 0.6) is 17.5 Å². The Bertz CT molecular complexity index is 2650. The average molecular weight is 993 g/mol. The number of hydrogen-bond donors (Lipinski definition) is 7. The molecule has 24 nitrogen and oxygen atoms in total. The minimum atomic E-state index is -4.62. The molecule has 0 spiro atoms. The van der Waals surface area contributed by atoms with E-state index in [-0.39, 0.29) is 41.9 Å². The Kier molecular flexibility index (Phi) is 18.4. The molecule has 4 aromatic rings. The number of aliphatic carboxylic acids is 1. The van der Waals surface area contributed by atoms with E-state index in [0.29, 0.717) is 18.4 Å². The first-order valence-electron chi connectivity index (χ1n) is 16.4. The molecule has 8 N–H and O–H groups in total. The van der Waals surface area contributed by atoms with Crippen molar-refractivity contribution in [1.82, 2.24) is 24.4 Å². The summed E-state index contributed by atoms with van der Waals surface area (Å²) >= 11 is 6.49. The summed E-state index contributed by atoms with van der Waals surface area (Å²) in [4.78, 5) is 74.3. The van der Waals surface area contributed by atoms with E-state index in [0.717, 1.165) is 41.7 Å². The van der Waals surface area contributed by atoms with Gasteiger partial charge in [-0.15, -0.1) is 11.3 Å². The van der Waals surface area contributed by atoms with E-state index in [2.05, 4.69) is 20.3 Å². The number of rotatable bonds is 14. The van der Waals surface area contributed by atoms with E-state index in [1.807, 2.05) is 0 Å². The number of anilines is 1. The first kappa shape index (κ1) is 53.1. The maximum atomic E-state index is 12.7. The number of carboxylic acid groups (broad SMARTS) is 2. The SMILES string of the molecule is COc1nc(C)nc(NC(=O)NS(=O)(=O)c2ccsc2C(=O)O)n1.CP(=O)(O)CCC(N)C(=O)O.CS(=O)(=O)NC(=O)c1cc(Oc2ccc(C(F)(F)F)cc2Cl)ccc1[N+](=O)[O-]. The maximum Gasteiger partial charge on any atom is 0.416 e. The van der Waals surface area contributed by atoms with Crippen LogP contribution in [0.2, 0.25) is 5.02 Å². The van der Waals surface area contributed by atoms with Crippen LogP contribution in [0.15, 0.2) is 52.7 Å². The summed E-state index contributed by atoms with van der Waals surface area (Å²) in [5, 5.41) is 31.3. The first-order chi connectivity index (χ1) is 28.8. The number of sulfonamides is 2. The highest BCUT2D eigenvalue weighted by atomic mass is 35.5. The summed E-state index contributed by atoms with van der Waals surface area (Å²) in [6, 6.07) is 3.92. The number of carboxylic acids is 2. The number of thiophene rings is 1. The molecule has 344 valence electrons. The van der Waals surface area contributed by atoms with Gasteiger partial charge in [0.2, 0.25) is 16.0 Å². The van der Waals surface area contributed by atoms with Crippen LogP contribution < -0.4 is 30.0 Å². The molecule has 4 rings (SSSR count). The number of nitrogens with one attached hydrogen (secondary N) is 3. The molecule has 0 saturated heterocycles. The van der Waals surface area contributed by atoms with Crippen molar-refractivity contribution in [3.8, 4) is 17.5 Å². The molecule has 3 amide bonds. The van der Waals surface area contributed by atoms with Gasteiger partial charge < -0.3 is 30.3 Å². The van der Waals surface area contributed by atoms with Gasteiger partial charge in [-0.1, -0.05) is 11.6 Å². The van der Waals surface area contributed by atoms with Gasteiger partial charge in [0.15, 0.2) is 7.37 Å². The van der Waals surface area contributed by atoms with Gasteiger partial charge >= 0.3 is 30.2 Å². The fourth-order valence-corrected chi connectivity index (χ4v) is 7.70. The number of halogens is 4. The third-order valence-electron chi connectivity index (χ3n) is 6.82. The van der Waals surface area contributed by atoms with Crippen LogP contribution in [0.4, 0.5) is 29.6 Å². The van der Waals surface area contributed by atoms with Gasteiger partial charge in [0.05, 0.1) is 28.9 Å². The van der Waals surface area contributed by atoms with Gasteiger partial charge in [0.1, 0.15) is 38.7 Å². The van der Waals surface area contributed by atoms with Crippen LogP contribution in [0.1, 0.15) is 37.8 Å². The van der Waals surface area contributed by atoms with Gasteiger partial charge in [-0.2, -0.15) is 28.1 Å². The van der Waals surface area contributed by atoms with Gasteiger partial charge in [-0.3, -0.25) is 29.6 Å². The van der Waals surface area contributed by atoms with Crippen LogP contribution in [-0.4, -0.2) is 108 Å². The summed E-state index contributed by atoms with van der Waals surface area (Å²) < 4.78 is 109. The minimum absolute atomic E-state index is 0.0412. The Morgan fingerprint density at radius 1 is 1.05 bits per heavy atom. The zero-order valence-electron chi connectivity index (χ0n) is 32.3. The fourth-order valence-electron chi connectivity index (χ4n) is 4.11. The molecular formula is C31H33ClF3N8O16PS3. The molecule has 2 aromatic heterocycles. The van der Waals surface area contributed by atoms with Gasteiger partial charge in [-0.05, 0) is 49.1 Å². The van der Waals surface area contributed by atoms with Crippen molar-refractivity contribution in [2.45, 2.75) is 30.5 Å². The van der Waals surface area contributed by atoms with Crippen LogP contribution in [-0.2, 0) is 35.6 Å². The minimum Gasteiger partial charge on any atom is -0.480 e. The summed E-state index contributed by atoms with van der Waals surface area (Å²) in [7, 11) is -10.2. The van der Waals surface area contributed by atoms with E-state index < -0.39 is 100 Å². The highest BCUT2D eigenvalue weighted by Crippen LogP contribution is 2.38. The van der Waals surface area contributed by atoms with Crippen LogP contribution >= 0.6 is 30.3 Å². The number of carbonyl (C=O) groups is 4. The Labute approximate surface area is 362 Å². The molecule has 0 bridgehead atoms. The number of nitrogens with two attached hydrogens (primary N) is 1. The number of aryl methyl sites for hydroxylation is 1. The molecule has 63 heavy (non-hydrogen) atoms. The number of amides is 3. The number of hydrogen-bond acceptors (Lipinski definition) is 18. The number of aromatic carboxylic acids is 1. The maximum absolute atomic E-state index is 12.7. The fraction of sp³-hybridized carbons (Fsp3) is 0.258.